The number of aromatic nitrogens is 2. The van der Waals surface area contributed by atoms with Crippen LogP contribution in [-0.4, -0.2) is 27.3 Å². The van der Waals surface area contributed by atoms with Gasteiger partial charge in [0.2, 0.25) is 5.89 Å². The molecule has 1 atom stereocenters. The van der Waals surface area contributed by atoms with Crippen molar-refractivity contribution in [3.05, 3.63) is 11.7 Å². The number of rotatable bonds is 7. The van der Waals surface area contributed by atoms with Gasteiger partial charge in [0.1, 0.15) is 6.04 Å². The average molecular weight is 241 g/mol. The summed E-state index contributed by atoms with van der Waals surface area (Å²) in [6, 6.07) is -0.555. The summed E-state index contributed by atoms with van der Waals surface area (Å²) in [5.41, 5.74) is 0. The van der Waals surface area contributed by atoms with Crippen LogP contribution in [0.15, 0.2) is 4.52 Å². The SMILES string of the molecule is CCCC(NCc1noc(C(C)C)n1)C(=O)O. The number of carbonyl (C=O) groups is 1. The lowest BCUT2D eigenvalue weighted by Crippen LogP contribution is -2.36. The highest BCUT2D eigenvalue weighted by atomic mass is 16.5. The molecule has 0 spiro atoms. The number of aliphatic carboxylic acids is 1. The summed E-state index contributed by atoms with van der Waals surface area (Å²) >= 11 is 0. The van der Waals surface area contributed by atoms with E-state index in [1.54, 1.807) is 0 Å². The van der Waals surface area contributed by atoms with Crippen LogP contribution in [0.5, 0.6) is 0 Å². The molecule has 6 heteroatoms. The molecule has 0 saturated heterocycles. The van der Waals surface area contributed by atoms with E-state index < -0.39 is 12.0 Å². The molecule has 0 amide bonds. The molecule has 17 heavy (non-hydrogen) atoms. The summed E-state index contributed by atoms with van der Waals surface area (Å²) in [6.07, 6.45) is 1.40. The predicted octanol–water partition coefficient (Wildman–Crippen LogP) is 1.54. The Bertz CT molecular complexity index is 363. The first-order valence-corrected chi connectivity index (χ1v) is 5.83. The van der Waals surface area contributed by atoms with Gasteiger partial charge in [-0.2, -0.15) is 4.98 Å². The molecule has 2 N–H and O–H groups in total. The van der Waals surface area contributed by atoms with Gasteiger partial charge in [0.25, 0.3) is 0 Å². The number of nitrogens with one attached hydrogen (secondary N) is 1. The lowest BCUT2D eigenvalue weighted by Gasteiger charge is -2.11. The van der Waals surface area contributed by atoms with Crippen LogP contribution >= 0.6 is 0 Å². The third kappa shape index (κ3) is 4.14. The molecule has 0 aliphatic heterocycles. The maximum atomic E-state index is 10.9. The second kappa shape index (κ2) is 6.34. The highest BCUT2D eigenvalue weighted by Gasteiger charge is 2.17. The zero-order valence-electron chi connectivity index (χ0n) is 10.4. The Balaban J connectivity index is 2.50. The zero-order chi connectivity index (χ0) is 12.8. The molecule has 1 rings (SSSR count). The van der Waals surface area contributed by atoms with E-state index in [4.69, 9.17) is 9.63 Å². The van der Waals surface area contributed by atoms with Gasteiger partial charge in [-0.3, -0.25) is 10.1 Å². The molecule has 1 unspecified atom stereocenters. The number of carboxylic acids is 1. The van der Waals surface area contributed by atoms with E-state index in [0.717, 1.165) is 6.42 Å². The molecular weight excluding hydrogens is 222 g/mol. The Kier molecular flexibility index (Phi) is 5.09. The van der Waals surface area contributed by atoms with E-state index in [1.165, 1.54) is 0 Å². The Morgan fingerprint density at radius 2 is 2.24 bits per heavy atom. The van der Waals surface area contributed by atoms with Gasteiger partial charge in [0.05, 0.1) is 6.54 Å². The molecule has 1 heterocycles. The van der Waals surface area contributed by atoms with Gasteiger partial charge in [-0.1, -0.05) is 32.3 Å². The summed E-state index contributed by atoms with van der Waals surface area (Å²) in [5.74, 6) is 0.404. The molecule has 0 fully saturated rings. The quantitative estimate of drug-likeness (QED) is 0.752. The van der Waals surface area contributed by atoms with E-state index in [2.05, 4.69) is 15.5 Å². The second-order valence-corrected chi connectivity index (χ2v) is 4.26. The van der Waals surface area contributed by atoms with E-state index in [0.29, 0.717) is 24.7 Å². The topological polar surface area (TPSA) is 88.3 Å². The largest absolute Gasteiger partial charge is 0.480 e. The molecule has 0 bridgehead atoms. The molecule has 0 aliphatic carbocycles. The highest BCUT2D eigenvalue weighted by Crippen LogP contribution is 2.10. The standard InChI is InChI=1S/C11H19N3O3/c1-4-5-8(11(15)16)12-6-9-13-10(7(2)3)17-14-9/h7-8,12H,4-6H2,1-3H3,(H,15,16). The maximum Gasteiger partial charge on any atom is 0.320 e. The van der Waals surface area contributed by atoms with Gasteiger partial charge in [-0.05, 0) is 6.42 Å². The van der Waals surface area contributed by atoms with E-state index in [1.807, 2.05) is 20.8 Å². The fourth-order valence-electron chi connectivity index (χ4n) is 1.39. The zero-order valence-corrected chi connectivity index (χ0v) is 10.4. The van der Waals surface area contributed by atoms with Crippen LogP contribution in [-0.2, 0) is 11.3 Å². The van der Waals surface area contributed by atoms with Crippen molar-refractivity contribution in [3.8, 4) is 0 Å². The van der Waals surface area contributed by atoms with Crippen molar-refractivity contribution in [2.24, 2.45) is 0 Å². The number of carboxylic acid groups (broad SMARTS) is 1. The van der Waals surface area contributed by atoms with Gasteiger partial charge in [0.15, 0.2) is 5.82 Å². The monoisotopic (exact) mass is 241 g/mol. The summed E-state index contributed by atoms with van der Waals surface area (Å²) in [4.78, 5) is 15.1. The lowest BCUT2D eigenvalue weighted by molar-refractivity contribution is -0.139. The first-order chi connectivity index (χ1) is 8.04. The number of hydrogen-bond acceptors (Lipinski definition) is 5. The molecule has 0 radical (unpaired) electrons. The highest BCUT2D eigenvalue weighted by molar-refractivity contribution is 5.73. The van der Waals surface area contributed by atoms with Crippen LogP contribution in [0.2, 0.25) is 0 Å². The summed E-state index contributed by atoms with van der Waals surface area (Å²) in [5, 5.41) is 15.6. The van der Waals surface area contributed by atoms with Gasteiger partial charge in [-0.25, -0.2) is 0 Å². The van der Waals surface area contributed by atoms with Crippen LogP contribution in [0.1, 0.15) is 51.2 Å². The van der Waals surface area contributed by atoms with Gasteiger partial charge >= 0.3 is 5.97 Å². The predicted molar refractivity (Wildman–Crippen MR) is 61.6 cm³/mol. The van der Waals surface area contributed by atoms with E-state index >= 15 is 0 Å². The first kappa shape index (κ1) is 13.6. The van der Waals surface area contributed by atoms with Crippen molar-refractivity contribution in [1.82, 2.24) is 15.5 Å². The minimum Gasteiger partial charge on any atom is -0.480 e. The molecule has 1 aromatic rings. The van der Waals surface area contributed by atoms with Crippen molar-refractivity contribution in [1.29, 1.82) is 0 Å². The second-order valence-electron chi connectivity index (χ2n) is 4.26. The van der Waals surface area contributed by atoms with Gasteiger partial charge in [0, 0.05) is 5.92 Å². The first-order valence-electron chi connectivity index (χ1n) is 5.83. The molecule has 0 aromatic carbocycles. The molecule has 96 valence electrons. The minimum atomic E-state index is -0.848. The molecule has 1 aromatic heterocycles. The minimum absolute atomic E-state index is 0.183. The number of nitrogens with zero attached hydrogens (tertiary/aromatic N) is 2. The molecular formula is C11H19N3O3. The van der Waals surface area contributed by atoms with Gasteiger partial charge < -0.3 is 9.63 Å². The normalized spacial score (nSPS) is 12.9. The van der Waals surface area contributed by atoms with Crippen molar-refractivity contribution in [2.75, 3.05) is 0 Å². The third-order valence-electron chi connectivity index (χ3n) is 2.36. The fraction of sp³-hybridized carbons (Fsp3) is 0.727. The summed E-state index contributed by atoms with van der Waals surface area (Å²) in [7, 11) is 0. The maximum absolute atomic E-state index is 10.9. The fourth-order valence-corrected chi connectivity index (χ4v) is 1.39. The Morgan fingerprint density at radius 1 is 1.53 bits per heavy atom. The van der Waals surface area contributed by atoms with Crippen LogP contribution in [0.3, 0.4) is 0 Å². The van der Waals surface area contributed by atoms with Crippen molar-refractivity contribution in [3.63, 3.8) is 0 Å². The number of hydrogen-bond donors (Lipinski definition) is 2. The smallest absolute Gasteiger partial charge is 0.320 e. The summed E-state index contributed by atoms with van der Waals surface area (Å²) < 4.78 is 5.03. The van der Waals surface area contributed by atoms with Crippen LogP contribution in [0.4, 0.5) is 0 Å². The molecule has 6 nitrogen and oxygen atoms in total. The Labute approximate surface area is 100 Å². The van der Waals surface area contributed by atoms with Crippen molar-refractivity contribution in [2.45, 2.75) is 52.1 Å². The molecule has 0 aliphatic rings. The Hall–Kier alpha value is -1.43. The Morgan fingerprint density at radius 3 is 2.71 bits per heavy atom. The molecule has 0 saturated carbocycles. The van der Waals surface area contributed by atoms with E-state index in [-0.39, 0.29) is 5.92 Å². The van der Waals surface area contributed by atoms with E-state index in [9.17, 15) is 4.79 Å². The summed E-state index contributed by atoms with van der Waals surface area (Å²) in [6.45, 7) is 6.18. The lowest BCUT2D eigenvalue weighted by atomic mass is 10.2. The van der Waals surface area contributed by atoms with Crippen molar-refractivity contribution >= 4 is 5.97 Å². The van der Waals surface area contributed by atoms with Crippen LogP contribution < -0.4 is 5.32 Å². The van der Waals surface area contributed by atoms with Gasteiger partial charge in [-0.15, -0.1) is 0 Å². The third-order valence-corrected chi connectivity index (χ3v) is 2.36. The van der Waals surface area contributed by atoms with Crippen LogP contribution in [0, 0.1) is 0 Å². The van der Waals surface area contributed by atoms with Crippen molar-refractivity contribution < 1.29 is 14.4 Å². The average Bonchev–Trinajstić information content (AvgIpc) is 2.72. The van der Waals surface area contributed by atoms with Crippen LogP contribution in [0.25, 0.3) is 0 Å².